The van der Waals surface area contributed by atoms with Gasteiger partial charge in [-0.25, -0.2) is 13.1 Å². The number of benzene rings is 2. The SMILES string of the molecule is O=C(Nc1nnc(S(=O)(=O)N[C@H]2CCCc3ccccc32)s1)c1ccccc1. The Balaban J connectivity index is 1.50. The predicted molar refractivity (Wildman–Crippen MR) is 107 cm³/mol. The van der Waals surface area contributed by atoms with Crippen LogP contribution < -0.4 is 10.0 Å². The van der Waals surface area contributed by atoms with Crippen molar-refractivity contribution in [3.8, 4) is 0 Å². The molecule has 2 aromatic carbocycles. The fraction of sp³-hybridized carbons (Fsp3) is 0.211. The van der Waals surface area contributed by atoms with E-state index in [9.17, 15) is 13.2 Å². The Morgan fingerprint density at radius 2 is 1.79 bits per heavy atom. The minimum Gasteiger partial charge on any atom is -0.296 e. The van der Waals surface area contributed by atoms with Crippen LogP contribution in [-0.2, 0) is 16.4 Å². The molecule has 7 nitrogen and oxygen atoms in total. The van der Waals surface area contributed by atoms with E-state index < -0.39 is 10.0 Å². The second-order valence-corrected chi connectivity index (χ2v) is 9.32. The standard InChI is InChI=1S/C19H18N4O3S2/c24-17(14-8-2-1-3-9-14)20-18-21-22-19(27-18)28(25,26)23-16-12-6-10-13-7-4-5-11-15(13)16/h1-5,7-9,11,16,23H,6,10,12H2,(H,20,21,24)/t16-/m0/s1. The maximum atomic E-state index is 12.8. The highest BCUT2D eigenvalue weighted by Gasteiger charge is 2.28. The zero-order valence-corrected chi connectivity index (χ0v) is 16.5. The summed E-state index contributed by atoms with van der Waals surface area (Å²) < 4.78 is 28.1. The van der Waals surface area contributed by atoms with Crippen molar-refractivity contribution in [2.45, 2.75) is 29.6 Å². The van der Waals surface area contributed by atoms with Gasteiger partial charge in [-0.05, 0) is 42.5 Å². The number of aryl methyl sites for hydroxylation is 1. The highest BCUT2D eigenvalue weighted by Crippen LogP contribution is 2.31. The second kappa shape index (κ2) is 7.78. The first-order chi connectivity index (χ1) is 13.5. The molecule has 0 unspecified atom stereocenters. The molecule has 144 valence electrons. The van der Waals surface area contributed by atoms with Crippen LogP contribution >= 0.6 is 11.3 Å². The number of anilines is 1. The largest absolute Gasteiger partial charge is 0.296 e. The van der Waals surface area contributed by atoms with Crippen molar-refractivity contribution < 1.29 is 13.2 Å². The summed E-state index contributed by atoms with van der Waals surface area (Å²) in [5, 5.41) is 10.3. The molecule has 1 heterocycles. The molecule has 0 fully saturated rings. The summed E-state index contributed by atoms with van der Waals surface area (Å²) in [4.78, 5) is 12.2. The number of rotatable bonds is 5. The van der Waals surface area contributed by atoms with Gasteiger partial charge in [0.05, 0.1) is 0 Å². The first kappa shape index (κ1) is 18.7. The van der Waals surface area contributed by atoms with E-state index in [2.05, 4.69) is 20.2 Å². The van der Waals surface area contributed by atoms with Gasteiger partial charge in [-0.1, -0.05) is 53.8 Å². The van der Waals surface area contributed by atoms with Crippen LogP contribution in [0.1, 0.15) is 40.4 Å². The zero-order valence-electron chi connectivity index (χ0n) is 14.8. The summed E-state index contributed by atoms with van der Waals surface area (Å²) in [6.45, 7) is 0. The molecule has 0 spiro atoms. The maximum absolute atomic E-state index is 12.8. The number of aromatic nitrogens is 2. The van der Waals surface area contributed by atoms with E-state index in [1.807, 2.05) is 30.3 Å². The van der Waals surface area contributed by atoms with Crippen molar-refractivity contribution in [3.05, 3.63) is 71.3 Å². The molecular formula is C19H18N4O3S2. The zero-order chi connectivity index (χ0) is 19.6. The maximum Gasteiger partial charge on any atom is 0.270 e. The first-order valence-electron chi connectivity index (χ1n) is 8.83. The number of hydrogen-bond acceptors (Lipinski definition) is 6. The summed E-state index contributed by atoms with van der Waals surface area (Å²) in [5.74, 6) is -0.366. The van der Waals surface area contributed by atoms with Gasteiger partial charge in [0.15, 0.2) is 0 Å². The third kappa shape index (κ3) is 3.96. The van der Waals surface area contributed by atoms with Gasteiger partial charge in [-0.15, -0.1) is 10.2 Å². The Bertz CT molecular complexity index is 1100. The van der Waals surface area contributed by atoms with Gasteiger partial charge in [-0.2, -0.15) is 0 Å². The number of nitrogens with zero attached hydrogens (tertiary/aromatic N) is 2. The molecule has 0 saturated carbocycles. The lowest BCUT2D eigenvalue weighted by Gasteiger charge is -2.25. The number of sulfonamides is 1. The topological polar surface area (TPSA) is 101 Å². The number of carbonyl (C=O) groups is 1. The van der Waals surface area contributed by atoms with Gasteiger partial charge in [-0.3, -0.25) is 10.1 Å². The van der Waals surface area contributed by atoms with Crippen LogP contribution in [0.3, 0.4) is 0 Å². The molecule has 1 atom stereocenters. The molecular weight excluding hydrogens is 396 g/mol. The third-order valence-electron chi connectivity index (χ3n) is 4.56. The van der Waals surface area contributed by atoms with E-state index in [1.165, 1.54) is 0 Å². The molecule has 0 saturated heterocycles. The van der Waals surface area contributed by atoms with Crippen LogP contribution in [0.5, 0.6) is 0 Å². The molecule has 9 heteroatoms. The van der Waals surface area contributed by atoms with Crippen LogP contribution in [0.2, 0.25) is 0 Å². The second-order valence-electron chi connectivity index (χ2n) is 6.46. The van der Waals surface area contributed by atoms with E-state index in [-0.39, 0.29) is 21.4 Å². The smallest absolute Gasteiger partial charge is 0.270 e. The number of nitrogens with one attached hydrogen (secondary N) is 2. The van der Waals surface area contributed by atoms with Gasteiger partial charge < -0.3 is 0 Å². The van der Waals surface area contributed by atoms with Crippen LogP contribution in [0.15, 0.2) is 58.9 Å². The lowest BCUT2D eigenvalue weighted by Crippen LogP contribution is -2.31. The fourth-order valence-electron chi connectivity index (χ4n) is 3.24. The lowest BCUT2D eigenvalue weighted by molar-refractivity contribution is 0.102. The minimum atomic E-state index is -3.84. The fourth-order valence-corrected chi connectivity index (χ4v) is 5.40. The number of hydrogen-bond donors (Lipinski definition) is 2. The van der Waals surface area contributed by atoms with Crippen molar-refractivity contribution in [3.63, 3.8) is 0 Å². The van der Waals surface area contributed by atoms with Gasteiger partial charge >= 0.3 is 0 Å². The molecule has 2 N–H and O–H groups in total. The Morgan fingerprint density at radius 3 is 2.61 bits per heavy atom. The molecule has 1 aromatic heterocycles. The third-order valence-corrected chi connectivity index (χ3v) is 7.24. The molecule has 1 aliphatic rings. The monoisotopic (exact) mass is 414 g/mol. The van der Waals surface area contributed by atoms with E-state index >= 15 is 0 Å². The Labute approximate surface area is 166 Å². The predicted octanol–water partition coefficient (Wildman–Crippen LogP) is 3.15. The number of fused-ring (bicyclic) bond motifs is 1. The van der Waals surface area contributed by atoms with Crippen LogP contribution in [-0.4, -0.2) is 24.5 Å². The summed E-state index contributed by atoms with van der Waals surface area (Å²) >= 11 is 0.828. The summed E-state index contributed by atoms with van der Waals surface area (Å²) in [5.41, 5.74) is 2.62. The average molecular weight is 415 g/mol. The van der Waals surface area contributed by atoms with Crippen molar-refractivity contribution >= 4 is 32.4 Å². The quantitative estimate of drug-likeness (QED) is 0.625. The van der Waals surface area contributed by atoms with Gasteiger partial charge in [0.25, 0.3) is 15.9 Å². The average Bonchev–Trinajstić information content (AvgIpc) is 3.18. The van der Waals surface area contributed by atoms with Crippen LogP contribution in [0, 0.1) is 0 Å². The van der Waals surface area contributed by atoms with E-state index in [0.29, 0.717) is 5.56 Å². The van der Waals surface area contributed by atoms with E-state index in [4.69, 9.17) is 0 Å². The molecule has 4 rings (SSSR count). The first-order valence-corrected chi connectivity index (χ1v) is 11.1. The molecule has 0 bridgehead atoms. The highest BCUT2D eigenvalue weighted by molar-refractivity contribution is 7.91. The Hall–Kier alpha value is -2.62. The summed E-state index contributed by atoms with van der Waals surface area (Å²) in [6, 6.07) is 16.2. The number of carbonyl (C=O) groups excluding carboxylic acids is 1. The van der Waals surface area contributed by atoms with Crippen molar-refractivity contribution in [2.24, 2.45) is 0 Å². The molecule has 3 aromatic rings. The van der Waals surface area contributed by atoms with Crippen LogP contribution in [0.4, 0.5) is 5.13 Å². The van der Waals surface area contributed by atoms with Crippen molar-refractivity contribution in [1.82, 2.24) is 14.9 Å². The van der Waals surface area contributed by atoms with Crippen molar-refractivity contribution in [1.29, 1.82) is 0 Å². The summed E-state index contributed by atoms with van der Waals surface area (Å²) in [7, 11) is -3.84. The van der Waals surface area contributed by atoms with Gasteiger partial charge in [0.1, 0.15) is 0 Å². The molecule has 1 aliphatic carbocycles. The van der Waals surface area contributed by atoms with Gasteiger partial charge in [0, 0.05) is 11.6 Å². The molecule has 0 aliphatic heterocycles. The van der Waals surface area contributed by atoms with Gasteiger partial charge in [0.2, 0.25) is 9.47 Å². The Kier molecular flexibility index (Phi) is 5.21. The summed E-state index contributed by atoms with van der Waals surface area (Å²) in [6.07, 6.45) is 2.59. The van der Waals surface area contributed by atoms with Crippen LogP contribution in [0.25, 0.3) is 0 Å². The van der Waals surface area contributed by atoms with E-state index in [0.717, 1.165) is 41.7 Å². The molecule has 0 radical (unpaired) electrons. The molecule has 28 heavy (non-hydrogen) atoms. The lowest BCUT2D eigenvalue weighted by atomic mass is 9.88. The Morgan fingerprint density at radius 1 is 1.04 bits per heavy atom. The normalized spacial score (nSPS) is 16.4. The molecule has 1 amide bonds. The van der Waals surface area contributed by atoms with Crippen molar-refractivity contribution in [2.75, 3.05) is 5.32 Å². The highest BCUT2D eigenvalue weighted by atomic mass is 32.2. The number of amides is 1. The minimum absolute atomic E-state index is 0.137. The van der Waals surface area contributed by atoms with E-state index in [1.54, 1.807) is 24.3 Å².